The fraction of sp³-hybridized carbons (Fsp3) is 0.294. The zero-order chi connectivity index (χ0) is 14.8. The van der Waals surface area contributed by atoms with Gasteiger partial charge in [0.1, 0.15) is 18.5 Å². The van der Waals surface area contributed by atoms with Crippen LogP contribution in [0.3, 0.4) is 0 Å². The third-order valence-corrected chi connectivity index (χ3v) is 3.54. The molecule has 0 radical (unpaired) electrons. The topological polar surface area (TPSA) is 47.9 Å². The molecule has 1 heterocycles. The van der Waals surface area contributed by atoms with Gasteiger partial charge < -0.3 is 19.3 Å². The van der Waals surface area contributed by atoms with Gasteiger partial charge in [0, 0.05) is 6.07 Å². The molecule has 4 nitrogen and oxygen atoms in total. The van der Waals surface area contributed by atoms with Crippen molar-refractivity contribution in [1.82, 2.24) is 0 Å². The van der Waals surface area contributed by atoms with Crippen LogP contribution in [0.5, 0.6) is 17.2 Å². The summed E-state index contributed by atoms with van der Waals surface area (Å²) in [4.78, 5) is 0. The molecule has 2 aromatic carbocycles. The molecule has 2 aromatic rings. The fourth-order valence-corrected chi connectivity index (χ4v) is 2.43. The maximum Gasteiger partial charge on any atom is 0.231 e. The summed E-state index contributed by atoms with van der Waals surface area (Å²) in [7, 11) is 0. The highest BCUT2D eigenvalue weighted by Crippen LogP contribution is 2.35. The third kappa shape index (κ3) is 2.95. The van der Waals surface area contributed by atoms with E-state index in [1.165, 1.54) is 5.56 Å². The normalized spacial score (nSPS) is 14.0. The van der Waals surface area contributed by atoms with Crippen LogP contribution in [0.4, 0.5) is 0 Å². The Labute approximate surface area is 123 Å². The van der Waals surface area contributed by atoms with Crippen molar-refractivity contribution in [2.75, 3.05) is 13.4 Å². The van der Waals surface area contributed by atoms with Crippen LogP contribution in [0.25, 0.3) is 0 Å². The fourth-order valence-electron chi connectivity index (χ4n) is 2.43. The van der Waals surface area contributed by atoms with Crippen LogP contribution in [0, 0.1) is 13.8 Å². The summed E-state index contributed by atoms with van der Waals surface area (Å²) >= 11 is 0. The molecule has 0 saturated heterocycles. The average molecular weight is 286 g/mol. The minimum Gasteiger partial charge on any atom is -0.490 e. The second-order valence-electron chi connectivity index (χ2n) is 5.20. The van der Waals surface area contributed by atoms with E-state index < -0.39 is 6.10 Å². The number of aliphatic hydroxyl groups is 1. The van der Waals surface area contributed by atoms with Gasteiger partial charge in [-0.2, -0.15) is 0 Å². The SMILES string of the molecule is Cc1ccc(C(O)COc2ccc3c(c2)OCO3)c(C)c1. The number of ether oxygens (including phenoxy) is 3. The van der Waals surface area contributed by atoms with Gasteiger partial charge in [-0.3, -0.25) is 0 Å². The predicted octanol–water partition coefficient (Wildman–Crippen LogP) is 3.14. The standard InChI is InChI=1S/C17H18O4/c1-11-3-5-14(12(2)7-11)15(18)9-19-13-4-6-16-17(8-13)21-10-20-16/h3-8,15,18H,9-10H2,1-2H3. The lowest BCUT2D eigenvalue weighted by Crippen LogP contribution is -2.11. The second kappa shape index (κ2) is 5.66. The van der Waals surface area contributed by atoms with E-state index in [1.54, 1.807) is 12.1 Å². The van der Waals surface area contributed by atoms with E-state index in [-0.39, 0.29) is 13.4 Å². The third-order valence-electron chi connectivity index (χ3n) is 3.54. The molecule has 4 heteroatoms. The average Bonchev–Trinajstić information content (AvgIpc) is 2.92. The number of hydrogen-bond donors (Lipinski definition) is 1. The van der Waals surface area contributed by atoms with E-state index in [2.05, 4.69) is 6.07 Å². The van der Waals surface area contributed by atoms with Gasteiger partial charge in [-0.1, -0.05) is 23.8 Å². The van der Waals surface area contributed by atoms with Crippen molar-refractivity contribution in [3.8, 4) is 17.2 Å². The van der Waals surface area contributed by atoms with E-state index in [1.807, 2.05) is 32.0 Å². The summed E-state index contributed by atoms with van der Waals surface area (Å²) in [5.74, 6) is 2.05. The molecule has 1 unspecified atom stereocenters. The quantitative estimate of drug-likeness (QED) is 0.938. The Kier molecular flexibility index (Phi) is 3.71. The van der Waals surface area contributed by atoms with E-state index in [0.29, 0.717) is 11.5 Å². The minimum atomic E-state index is -0.656. The van der Waals surface area contributed by atoms with Gasteiger partial charge in [-0.05, 0) is 37.1 Å². The molecule has 1 aliphatic heterocycles. The van der Waals surface area contributed by atoms with E-state index in [9.17, 15) is 5.11 Å². The molecular formula is C17H18O4. The molecule has 0 spiro atoms. The van der Waals surface area contributed by atoms with Gasteiger partial charge in [0.2, 0.25) is 6.79 Å². The first-order valence-corrected chi connectivity index (χ1v) is 6.91. The van der Waals surface area contributed by atoms with E-state index in [4.69, 9.17) is 14.2 Å². The minimum absolute atomic E-state index is 0.198. The van der Waals surface area contributed by atoms with Crippen molar-refractivity contribution >= 4 is 0 Å². The smallest absolute Gasteiger partial charge is 0.231 e. The predicted molar refractivity (Wildman–Crippen MR) is 78.9 cm³/mol. The van der Waals surface area contributed by atoms with Crippen molar-refractivity contribution in [3.63, 3.8) is 0 Å². The lowest BCUT2D eigenvalue weighted by Gasteiger charge is -2.15. The lowest BCUT2D eigenvalue weighted by atomic mass is 10.0. The summed E-state index contributed by atoms with van der Waals surface area (Å²) in [6.07, 6.45) is -0.656. The first-order chi connectivity index (χ1) is 10.1. The van der Waals surface area contributed by atoms with E-state index >= 15 is 0 Å². The molecule has 1 aliphatic rings. The molecule has 0 amide bonds. The number of hydrogen-bond acceptors (Lipinski definition) is 4. The maximum absolute atomic E-state index is 10.3. The molecule has 0 bridgehead atoms. The molecule has 0 aromatic heterocycles. The molecule has 0 saturated carbocycles. The number of aryl methyl sites for hydroxylation is 2. The number of benzene rings is 2. The number of rotatable bonds is 4. The van der Waals surface area contributed by atoms with Crippen LogP contribution < -0.4 is 14.2 Å². The van der Waals surface area contributed by atoms with Crippen molar-refractivity contribution in [2.24, 2.45) is 0 Å². The summed E-state index contributed by atoms with van der Waals surface area (Å²) in [5.41, 5.74) is 3.14. The summed E-state index contributed by atoms with van der Waals surface area (Å²) in [5, 5.41) is 10.3. The molecular weight excluding hydrogens is 268 g/mol. The van der Waals surface area contributed by atoms with Crippen molar-refractivity contribution < 1.29 is 19.3 Å². The first-order valence-electron chi connectivity index (χ1n) is 6.91. The van der Waals surface area contributed by atoms with Crippen molar-refractivity contribution in [3.05, 3.63) is 53.1 Å². The molecule has 110 valence electrons. The van der Waals surface area contributed by atoms with Crippen LogP contribution in [-0.2, 0) is 0 Å². The molecule has 1 atom stereocenters. The van der Waals surface area contributed by atoms with Crippen LogP contribution in [0.2, 0.25) is 0 Å². The van der Waals surface area contributed by atoms with Gasteiger partial charge in [0.25, 0.3) is 0 Å². The van der Waals surface area contributed by atoms with Gasteiger partial charge in [0.15, 0.2) is 11.5 Å². The highest BCUT2D eigenvalue weighted by atomic mass is 16.7. The zero-order valence-electron chi connectivity index (χ0n) is 12.1. The highest BCUT2D eigenvalue weighted by molar-refractivity contribution is 5.46. The van der Waals surface area contributed by atoms with Crippen LogP contribution in [0.1, 0.15) is 22.8 Å². The van der Waals surface area contributed by atoms with Crippen LogP contribution in [0.15, 0.2) is 36.4 Å². The molecule has 21 heavy (non-hydrogen) atoms. The maximum atomic E-state index is 10.3. The lowest BCUT2D eigenvalue weighted by molar-refractivity contribution is 0.107. The highest BCUT2D eigenvalue weighted by Gasteiger charge is 2.15. The first kappa shape index (κ1) is 13.8. The molecule has 3 rings (SSSR count). The number of aliphatic hydroxyl groups excluding tert-OH is 1. The largest absolute Gasteiger partial charge is 0.490 e. The van der Waals surface area contributed by atoms with E-state index in [0.717, 1.165) is 16.9 Å². The Morgan fingerprint density at radius 1 is 1.10 bits per heavy atom. The Bertz CT molecular complexity index is 651. The van der Waals surface area contributed by atoms with Gasteiger partial charge in [-0.15, -0.1) is 0 Å². The van der Waals surface area contributed by atoms with Crippen LogP contribution >= 0.6 is 0 Å². The zero-order valence-corrected chi connectivity index (χ0v) is 12.1. The van der Waals surface area contributed by atoms with Crippen molar-refractivity contribution in [2.45, 2.75) is 20.0 Å². The Balaban J connectivity index is 1.67. The molecule has 0 aliphatic carbocycles. The van der Waals surface area contributed by atoms with Gasteiger partial charge in [0.05, 0.1) is 0 Å². The van der Waals surface area contributed by atoms with Gasteiger partial charge >= 0.3 is 0 Å². The summed E-state index contributed by atoms with van der Waals surface area (Å²) < 4.78 is 16.2. The van der Waals surface area contributed by atoms with Crippen molar-refractivity contribution in [1.29, 1.82) is 0 Å². The Morgan fingerprint density at radius 2 is 1.90 bits per heavy atom. The monoisotopic (exact) mass is 286 g/mol. The molecule has 0 fully saturated rings. The Morgan fingerprint density at radius 3 is 2.71 bits per heavy atom. The second-order valence-corrected chi connectivity index (χ2v) is 5.20. The number of fused-ring (bicyclic) bond motifs is 1. The molecule has 1 N–H and O–H groups in total. The Hall–Kier alpha value is -2.20. The summed E-state index contributed by atoms with van der Waals surface area (Å²) in [6, 6.07) is 11.4. The van der Waals surface area contributed by atoms with Gasteiger partial charge in [-0.25, -0.2) is 0 Å². The van der Waals surface area contributed by atoms with Crippen LogP contribution in [-0.4, -0.2) is 18.5 Å². The summed E-state index contributed by atoms with van der Waals surface area (Å²) in [6.45, 7) is 4.46.